The van der Waals surface area contributed by atoms with E-state index < -0.39 is 29.7 Å². The maximum Gasteiger partial charge on any atom is 0.433 e. The topological polar surface area (TPSA) is 97.5 Å². The predicted molar refractivity (Wildman–Crippen MR) is 116 cm³/mol. The van der Waals surface area contributed by atoms with Gasteiger partial charge in [-0.05, 0) is 64.0 Å². The van der Waals surface area contributed by atoms with Crippen LogP contribution in [0.2, 0.25) is 0 Å². The van der Waals surface area contributed by atoms with Crippen LogP contribution in [0, 0.1) is 11.3 Å². The fourth-order valence-electron chi connectivity index (χ4n) is 4.61. The Morgan fingerprint density at radius 3 is 2.34 bits per heavy atom. The van der Waals surface area contributed by atoms with Crippen molar-refractivity contribution in [2.24, 2.45) is 17.1 Å². The number of aliphatic hydroxyl groups excluding tert-OH is 1. The van der Waals surface area contributed by atoms with Gasteiger partial charge in [-0.1, -0.05) is 26.8 Å². The van der Waals surface area contributed by atoms with Crippen molar-refractivity contribution in [3.63, 3.8) is 0 Å². The number of β-amino-alcohol motifs (C(OH)–C–C–N with tert-alkyl or cyclic N) is 1. The molecule has 1 atom stereocenters. The second-order valence-electron chi connectivity index (χ2n) is 10.5. The first-order valence-corrected chi connectivity index (χ1v) is 11.0. The summed E-state index contributed by atoms with van der Waals surface area (Å²) in [5.41, 5.74) is 3.13. The van der Waals surface area contributed by atoms with Crippen LogP contribution in [0.3, 0.4) is 0 Å². The normalized spacial score (nSPS) is 23.6. The van der Waals surface area contributed by atoms with Gasteiger partial charge in [-0.25, -0.2) is 9.78 Å². The number of aliphatic hydroxyl groups is 1. The first-order valence-electron chi connectivity index (χ1n) is 11.0. The fourth-order valence-corrected chi connectivity index (χ4v) is 4.61. The summed E-state index contributed by atoms with van der Waals surface area (Å²) in [7, 11) is 0. The number of amides is 1. The molecule has 0 saturated heterocycles. The Kier molecular flexibility index (Phi) is 7.87. The molecule has 0 spiro atoms. The lowest BCUT2D eigenvalue weighted by Gasteiger charge is -2.48. The summed E-state index contributed by atoms with van der Waals surface area (Å²) in [5, 5.41) is 13.6. The lowest BCUT2D eigenvalue weighted by Crippen LogP contribution is -2.51. The molecule has 9 heteroatoms. The number of alkyl halides is 3. The van der Waals surface area contributed by atoms with Gasteiger partial charge in [0.05, 0.1) is 5.69 Å². The van der Waals surface area contributed by atoms with Crippen LogP contribution in [-0.4, -0.2) is 33.9 Å². The molecule has 32 heavy (non-hydrogen) atoms. The molecule has 1 amide bonds. The van der Waals surface area contributed by atoms with Crippen LogP contribution in [0.25, 0.3) is 0 Å². The second-order valence-corrected chi connectivity index (χ2v) is 10.5. The molecule has 182 valence electrons. The molecule has 6 nitrogen and oxygen atoms in total. The highest BCUT2D eigenvalue weighted by atomic mass is 19.4. The van der Waals surface area contributed by atoms with Crippen molar-refractivity contribution in [3.05, 3.63) is 29.6 Å². The Balaban J connectivity index is 1.93. The van der Waals surface area contributed by atoms with Crippen LogP contribution in [0.1, 0.15) is 84.2 Å². The van der Waals surface area contributed by atoms with Crippen molar-refractivity contribution >= 4 is 6.09 Å². The van der Waals surface area contributed by atoms with Gasteiger partial charge in [0, 0.05) is 17.5 Å². The second kappa shape index (κ2) is 9.55. The first kappa shape index (κ1) is 26.4. The number of halogens is 3. The van der Waals surface area contributed by atoms with Crippen LogP contribution >= 0.6 is 0 Å². The number of rotatable bonds is 7. The molecule has 0 bridgehead atoms. The van der Waals surface area contributed by atoms with Gasteiger partial charge in [0.15, 0.2) is 0 Å². The standard InChI is InChI=1S/C23H36F3N3O3/c1-20(2,3)22(32-19(27)31)11-9-15(10-12-22)13-21(4,5)28-14-17(30)16-7-6-8-18(29-16)23(24,25)26/h6-8,15,17,28,30H,9-14H2,1-5H3,(H2,27,31)/t15?,17-,22?/m0/s1. The zero-order valence-electron chi connectivity index (χ0n) is 19.6. The van der Waals surface area contributed by atoms with Gasteiger partial charge < -0.3 is 20.9 Å². The Hall–Kier alpha value is -1.87. The van der Waals surface area contributed by atoms with Gasteiger partial charge in [0.2, 0.25) is 0 Å². The zero-order valence-corrected chi connectivity index (χ0v) is 19.6. The van der Waals surface area contributed by atoms with E-state index in [1.807, 2.05) is 34.6 Å². The third-order valence-electron chi connectivity index (χ3n) is 6.55. The number of carbonyl (C=O) groups excluding carboxylic acids is 1. The van der Waals surface area contributed by atoms with E-state index in [0.717, 1.165) is 38.2 Å². The molecule has 1 saturated carbocycles. The van der Waals surface area contributed by atoms with Crippen molar-refractivity contribution in [2.45, 2.75) is 90.1 Å². The highest BCUT2D eigenvalue weighted by Crippen LogP contribution is 2.47. The number of nitrogens with one attached hydrogen (secondary N) is 1. The molecule has 0 unspecified atom stereocenters. The predicted octanol–water partition coefficient (Wildman–Crippen LogP) is 4.96. The van der Waals surface area contributed by atoms with Crippen LogP contribution in [-0.2, 0) is 10.9 Å². The first-order chi connectivity index (χ1) is 14.5. The Morgan fingerprint density at radius 1 is 1.25 bits per heavy atom. The number of primary amides is 1. The average molecular weight is 460 g/mol. The molecule has 0 aliphatic heterocycles. The number of pyridine rings is 1. The number of hydrogen-bond acceptors (Lipinski definition) is 5. The average Bonchev–Trinajstić information content (AvgIpc) is 2.66. The quantitative estimate of drug-likeness (QED) is 0.535. The Labute approximate surface area is 188 Å². The van der Waals surface area contributed by atoms with E-state index >= 15 is 0 Å². The lowest BCUT2D eigenvalue weighted by molar-refractivity contribution is -0.141. The number of aromatic nitrogens is 1. The minimum Gasteiger partial charge on any atom is -0.443 e. The zero-order chi connectivity index (χ0) is 24.4. The molecule has 1 aliphatic carbocycles. The molecule has 1 aromatic heterocycles. The van der Waals surface area contributed by atoms with E-state index in [1.54, 1.807) is 0 Å². The van der Waals surface area contributed by atoms with Crippen LogP contribution in [0.15, 0.2) is 18.2 Å². The Morgan fingerprint density at radius 2 is 1.84 bits per heavy atom. The molecular weight excluding hydrogens is 423 g/mol. The van der Waals surface area contributed by atoms with Crippen molar-refractivity contribution in [2.75, 3.05) is 6.54 Å². The van der Waals surface area contributed by atoms with Gasteiger partial charge in [-0.15, -0.1) is 0 Å². The van der Waals surface area contributed by atoms with Gasteiger partial charge in [-0.3, -0.25) is 0 Å². The van der Waals surface area contributed by atoms with Gasteiger partial charge in [0.1, 0.15) is 17.4 Å². The van der Waals surface area contributed by atoms with E-state index in [0.29, 0.717) is 5.92 Å². The molecule has 1 aliphatic rings. The number of ether oxygens (including phenoxy) is 1. The molecule has 2 rings (SSSR count). The molecule has 1 aromatic rings. The van der Waals surface area contributed by atoms with Gasteiger partial charge in [0.25, 0.3) is 0 Å². The molecule has 0 aromatic carbocycles. The SMILES string of the molecule is CC(C)(CC1CCC(OC(N)=O)(C(C)(C)C)CC1)NC[C@H](O)c1cccc(C(F)(F)F)n1. The number of nitrogens with zero attached hydrogens (tertiary/aromatic N) is 1. The molecule has 4 N–H and O–H groups in total. The molecule has 1 heterocycles. The van der Waals surface area contributed by atoms with Crippen LogP contribution in [0.5, 0.6) is 0 Å². The summed E-state index contributed by atoms with van der Waals surface area (Å²) >= 11 is 0. The molecule has 0 radical (unpaired) electrons. The number of hydrogen-bond donors (Lipinski definition) is 3. The van der Waals surface area contributed by atoms with Crippen molar-refractivity contribution in [1.29, 1.82) is 0 Å². The lowest BCUT2D eigenvalue weighted by atomic mass is 9.64. The Bertz CT molecular complexity index is 783. The third-order valence-corrected chi connectivity index (χ3v) is 6.55. The smallest absolute Gasteiger partial charge is 0.433 e. The summed E-state index contributed by atoms with van der Waals surface area (Å²) in [4.78, 5) is 15.0. The van der Waals surface area contributed by atoms with Gasteiger partial charge in [-0.2, -0.15) is 13.2 Å². The summed E-state index contributed by atoms with van der Waals surface area (Å²) in [6.07, 6.45) is -2.47. The van der Waals surface area contributed by atoms with E-state index in [-0.39, 0.29) is 23.2 Å². The monoisotopic (exact) mass is 459 g/mol. The third kappa shape index (κ3) is 6.81. The summed E-state index contributed by atoms with van der Waals surface area (Å²) in [6, 6.07) is 3.52. The van der Waals surface area contributed by atoms with E-state index in [1.165, 1.54) is 12.1 Å². The highest BCUT2D eigenvalue weighted by Gasteiger charge is 2.48. The largest absolute Gasteiger partial charge is 0.443 e. The van der Waals surface area contributed by atoms with E-state index in [2.05, 4.69) is 10.3 Å². The highest BCUT2D eigenvalue weighted by molar-refractivity contribution is 5.65. The van der Waals surface area contributed by atoms with E-state index in [9.17, 15) is 23.1 Å². The summed E-state index contributed by atoms with van der Waals surface area (Å²) in [5.74, 6) is 0.383. The van der Waals surface area contributed by atoms with Crippen molar-refractivity contribution < 1.29 is 27.8 Å². The minimum atomic E-state index is -4.55. The summed E-state index contributed by atoms with van der Waals surface area (Å²) in [6.45, 7) is 10.2. The minimum absolute atomic E-state index is 0.0145. The molecular formula is C23H36F3N3O3. The van der Waals surface area contributed by atoms with Crippen LogP contribution in [0.4, 0.5) is 18.0 Å². The molecule has 1 fully saturated rings. The fraction of sp³-hybridized carbons (Fsp3) is 0.739. The van der Waals surface area contributed by atoms with E-state index in [4.69, 9.17) is 10.5 Å². The van der Waals surface area contributed by atoms with Crippen molar-refractivity contribution in [1.82, 2.24) is 10.3 Å². The number of nitrogens with two attached hydrogens (primary N) is 1. The van der Waals surface area contributed by atoms with Crippen molar-refractivity contribution in [3.8, 4) is 0 Å². The van der Waals surface area contributed by atoms with Gasteiger partial charge >= 0.3 is 12.3 Å². The maximum atomic E-state index is 12.9. The maximum absolute atomic E-state index is 12.9. The number of carbonyl (C=O) groups is 1. The summed E-state index contributed by atoms with van der Waals surface area (Å²) < 4.78 is 44.2. The van der Waals surface area contributed by atoms with Crippen LogP contribution < -0.4 is 11.1 Å².